The Labute approximate surface area is 117 Å². The first kappa shape index (κ1) is 12.3. The lowest BCUT2D eigenvalue weighted by molar-refractivity contribution is -0.122. The maximum absolute atomic E-state index is 12.3. The van der Waals surface area contributed by atoms with E-state index in [0.717, 1.165) is 30.6 Å². The minimum Gasteiger partial charge on any atom is -0.328 e. The van der Waals surface area contributed by atoms with E-state index in [1.54, 1.807) is 11.1 Å². The predicted molar refractivity (Wildman–Crippen MR) is 76.2 cm³/mol. The summed E-state index contributed by atoms with van der Waals surface area (Å²) in [5.74, 6) is -0.0175. The van der Waals surface area contributed by atoms with Crippen LogP contribution in [0.1, 0.15) is 31.0 Å². The molecule has 2 heterocycles. The third kappa shape index (κ3) is 2.06. The van der Waals surface area contributed by atoms with Crippen LogP contribution < -0.4 is 5.32 Å². The Morgan fingerprint density at radius 3 is 2.89 bits per heavy atom. The standard InChI is InChI=1S/C13H16N4OS/c1-3-16-8(2)9(7-14-16)6-11-12(18)17(10-4-5-10)13(19)15-11/h6-7,10H,3-5H2,1-2H3,(H,15,19)/b11-6+. The van der Waals surface area contributed by atoms with Crippen molar-refractivity contribution in [2.24, 2.45) is 0 Å². The number of nitrogens with one attached hydrogen (secondary N) is 1. The van der Waals surface area contributed by atoms with Gasteiger partial charge in [-0.3, -0.25) is 14.4 Å². The van der Waals surface area contributed by atoms with Gasteiger partial charge in [0.1, 0.15) is 5.70 Å². The Hall–Kier alpha value is -1.69. The van der Waals surface area contributed by atoms with Crippen LogP contribution >= 0.6 is 12.2 Å². The summed E-state index contributed by atoms with van der Waals surface area (Å²) < 4.78 is 1.91. The topological polar surface area (TPSA) is 50.2 Å². The first-order valence-electron chi connectivity index (χ1n) is 6.50. The fourth-order valence-corrected chi connectivity index (χ4v) is 2.63. The summed E-state index contributed by atoms with van der Waals surface area (Å²) in [4.78, 5) is 14.0. The van der Waals surface area contributed by atoms with Gasteiger partial charge in [0.15, 0.2) is 5.11 Å². The van der Waals surface area contributed by atoms with Gasteiger partial charge in [0.25, 0.3) is 5.91 Å². The van der Waals surface area contributed by atoms with E-state index in [2.05, 4.69) is 10.4 Å². The van der Waals surface area contributed by atoms with E-state index < -0.39 is 0 Å². The van der Waals surface area contributed by atoms with E-state index in [4.69, 9.17) is 12.2 Å². The smallest absolute Gasteiger partial charge is 0.276 e. The molecule has 1 aromatic rings. The summed E-state index contributed by atoms with van der Waals surface area (Å²) in [7, 11) is 0. The number of carbonyl (C=O) groups is 1. The zero-order chi connectivity index (χ0) is 13.6. The van der Waals surface area contributed by atoms with Crippen molar-refractivity contribution >= 4 is 29.3 Å². The second kappa shape index (κ2) is 4.45. The van der Waals surface area contributed by atoms with Crippen molar-refractivity contribution in [1.82, 2.24) is 20.0 Å². The average Bonchev–Trinajstić information content (AvgIpc) is 3.09. The number of aromatic nitrogens is 2. The maximum Gasteiger partial charge on any atom is 0.276 e. The molecule has 0 unspecified atom stereocenters. The van der Waals surface area contributed by atoms with E-state index in [9.17, 15) is 4.79 Å². The van der Waals surface area contributed by atoms with Crippen LogP contribution in [-0.2, 0) is 11.3 Å². The number of hydrogen-bond acceptors (Lipinski definition) is 3. The molecular formula is C13H16N4OS. The van der Waals surface area contributed by atoms with Gasteiger partial charge in [0.05, 0.1) is 6.20 Å². The molecule has 3 rings (SSSR count). The molecule has 2 fully saturated rings. The number of carbonyl (C=O) groups excluding carboxylic acids is 1. The Bertz CT molecular complexity index is 585. The van der Waals surface area contributed by atoms with Crippen LogP contribution in [-0.4, -0.2) is 31.7 Å². The molecule has 5 nitrogen and oxygen atoms in total. The highest BCUT2D eigenvalue weighted by atomic mass is 32.1. The van der Waals surface area contributed by atoms with Gasteiger partial charge in [-0.15, -0.1) is 0 Å². The quantitative estimate of drug-likeness (QED) is 0.670. The third-order valence-corrected chi connectivity index (χ3v) is 3.86. The number of hydrogen-bond donors (Lipinski definition) is 1. The predicted octanol–water partition coefficient (Wildman–Crippen LogP) is 1.43. The summed E-state index contributed by atoms with van der Waals surface area (Å²) in [6.45, 7) is 4.86. The summed E-state index contributed by atoms with van der Waals surface area (Å²) in [6.07, 6.45) is 5.72. The molecule has 100 valence electrons. The van der Waals surface area contributed by atoms with E-state index in [1.165, 1.54) is 0 Å². The molecule has 0 bridgehead atoms. The van der Waals surface area contributed by atoms with Crippen molar-refractivity contribution < 1.29 is 4.79 Å². The molecule has 1 saturated carbocycles. The molecular weight excluding hydrogens is 260 g/mol. The molecule has 1 aliphatic carbocycles. The van der Waals surface area contributed by atoms with E-state index >= 15 is 0 Å². The lowest BCUT2D eigenvalue weighted by atomic mass is 10.2. The molecule has 1 saturated heterocycles. The summed E-state index contributed by atoms with van der Waals surface area (Å²) in [5, 5.41) is 7.81. The molecule has 19 heavy (non-hydrogen) atoms. The molecule has 0 aromatic carbocycles. The Morgan fingerprint density at radius 1 is 1.58 bits per heavy atom. The van der Waals surface area contributed by atoms with Crippen molar-refractivity contribution in [2.75, 3.05) is 0 Å². The number of rotatable bonds is 3. The van der Waals surface area contributed by atoms with Crippen molar-refractivity contribution in [3.8, 4) is 0 Å². The van der Waals surface area contributed by atoms with Crippen LogP contribution in [0, 0.1) is 6.92 Å². The zero-order valence-corrected chi connectivity index (χ0v) is 11.8. The van der Waals surface area contributed by atoms with Crippen LogP contribution in [0.3, 0.4) is 0 Å². The minimum absolute atomic E-state index is 0.0175. The second-order valence-corrected chi connectivity index (χ2v) is 5.28. The van der Waals surface area contributed by atoms with Crippen LogP contribution in [0.5, 0.6) is 0 Å². The van der Waals surface area contributed by atoms with Gasteiger partial charge in [0.2, 0.25) is 0 Å². The van der Waals surface area contributed by atoms with Crippen LogP contribution in [0.25, 0.3) is 6.08 Å². The van der Waals surface area contributed by atoms with Gasteiger partial charge in [-0.25, -0.2) is 0 Å². The monoisotopic (exact) mass is 276 g/mol. The first-order valence-corrected chi connectivity index (χ1v) is 6.91. The van der Waals surface area contributed by atoms with Gasteiger partial charge in [-0.1, -0.05) is 0 Å². The van der Waals surface area contributed by atoms with Crippen molar-refractivity contribution in [2.45, 2.75) is 39.3 Å². The molecule has 0 atom stereocenters. The number of amides is 1. The summed E-state index contributed by atoms with van der Waals surface area (Å²) >= 11 is 5.22. The highest BCUT2D eigenvalue weighted by molar-refractivity contribution is 7.80. The van der Waals surface area contributed by atoms with Crippen molar-refractivity contribution in [3.63, 3.8) is 0 Å². The van der Waals surface area contributed by atoms with Crippen LogP contribution in [0.2, 0.25) is 0 Å². The number of thiocarbonyl (C=S) groups is 1. The first-order chi connectivity index (χ1) is 9.11. The molecule has 0 spiro atoms. The van der Waals surface area contributed by atoms with Gasteiger partial charge in [-0.2, -0.15) is 5.10 Å². The van der Waals surface area contributed by atoms with Gasteiger partial charge in [0, 0.05) is 23.8 Å². The lowest BCUT2D eigenvalue weighted by Gasteiger charge is -2.11. The van der Waals surface area contributed by atoms with E-state index in [0.29, 0.717) is 16.9 Å². The highest BCUT2D eigenvalue weighted by Gasteiger charge is 2.41. The molecule has 2 aliphatic rings. The maximum atomic E-state index is 12.3. The zero-order valence-electron chi connectivity index (χ0n) is 11.0. The summed E-state index contributed by atoms with van der Waals surface area (Å²) in [5.41, 5.74) is 2.56. The molecule has 0 radical (unpaired) electrons. The molecule has 1 N–H and O–H groups in total. The molecule has 1 aromatic heterocycles. The van der Waals surface area contributed by atoms with Gasteiger partial charge in [-0.05, 0) is 45.0 Å². The van der Waals surface area contributed by atoms with Crippen LogP contribution in [0.4, 0.5) is 0 Å². The van der Waals surface area contributed by atoms with Gasteiger partial charge >= 0.3 is 0 Å². The van der Waals surface area contributed by atoms with Crippen LogP contribution in [0.15, 0.2) is 11.9 Å². The van der Waals surface area contributed by atoms with Crippen molar-refractivity contribution in [3.05, 3.63) is 23.2 Å². The minimum atomic E-state index is -0.0175. The second-order valence-electron chi connectivity index (χ2n) is 4.90. The number of nitrogens with zero attached hydrogens (tertiary/aromatic N) is 3. The fourth-order valence-electron chi connectivity index (χ4n) is 2.29. The average molecular weight is 276 g/mol. The molecule has 1 amide bonds. The lowest BCUT2D eigenvalue weighted by Crippen LogP contribution is -2.32. The van der Waals surface area contributed by atoms with E-state index in [1.807, 2.05) is 24.6 Å². The Kier molecular flexibility index (Phi) is 2.89. The number of aryl methyl sites for hydroxylation is 1. The summed E-state index contributed by atoms with van der Waals surface area (Å²) in [6, 6.07) is 0.304. The Balaban J connectivity index is 1.89. The Morgan fingerprint density at radius 2 is 2.32 bits per heavy atom. The van der Waals surface area contributed by atoms with E-state index in [-0.39, 0.29) is 5.91 Å². The fraction of sp³-hybridized carbons (Fsp3) is 0.462. The van der Waals surface area contributed by atoms with Crippen molar-refractivity contribution in [1.29, 1.82) is 0 Å². The highest BCUT2D eigenvalue weighted by Crippen LogP contribution is 2.31. The normalized spacial score (nSPS) is 21.4. The van der Waals surface area contributed by atoms with Gasteiger partial charge < -0.3 is 5.32 Å². The SMILES string of the molecule is CCn1ncc(/C=C2/NC(=S)N(C3CC3)C2=O)c1C. The third-order valence-electron chi connectivity index (χ3n) is 3.56. The largest absolute Gasteiger partial charge is 0.328 e. The molecule has 6 heteroatoms. The molecule has 1 aliphatic heterocycles.